The van der Waals surface area contributed by atoms with Crippen molar-refractivity contribution in [2.45, 2.75) is 20.3 Å². The molecule has 1 amide bonds. The smallest absolute Gasteiger partial charge is 0.343 e. The molecule has 0 fully saturated rings. The van der Waals surface area contributed by atoms with Gasteiger partial charge in [-0.2, -0.15) is 5.10 Å². The van der Waals surface area contributed by atoms with Gasteiger partial charge in [0.1, 0.15) is 0 Å². The zero-order valence-electron chi connectivity index (χ0n) is 16.7. The Balaban J connectivity index is 2.03. The van der Waals surface area contributed by atoms with Crippen molar-refractivity contribution in [1.29, 1.82) is 0 Å². The van der Waals surface area contributed by atoms with Crippen molar-refractivity contribution < 1.29 is 23.8 Å². The van der Waals surface area contributed by atoms with E-state index >= 15 is 0 Å². The Morgan fingerprint density at radius 3 is 2.59 bits per heavy atom. The number of benzene rings is 2. The maximum Gasteiger partial charge on any atom is 0.343 e. The van der Waals surface area contributed by atoms with E-state index in [2.05, 4.69) is 31.2 Å². The monoisotopic (exact) mass is 462 g/mol. The van der Waals surface area contributed by atoms with Crippen LogP contribution in [0.25, 0.3) is 0 Å². The molecule has 2 aromatic rings. The molecule has 0 aliphatic carbocycles. The normalized spacial score (nSPS) is 10.7. The number of hydrogen-bond donors (Lipinski definition) is 1. The van der Waals surface area contributed by atoms with Crippen LogP contribution in [0.1, 0.15) is 22.3 Å². The fraction of sp³-hybridized carbons (Fsp3) is 0.286. The van der Waals surface area contributed by atoms with Crippen molar-refractivity contribution in [3.8, 4) is 11.5 Å². The maximum absolute atomic E-state index is 12.1. The molecule has 0 unspecified atom stereocenters. The van der Waals surface area contributed by atoms with E-state index in [9.17, 15) is 9.59 Å². The van der Waals surface area contributed by atoms with Crippen LogP contribution in [0, 0.1) is 13.8 Å². The summed E-state index contributed by atoms with van der Waals surface area (Å²) in [6.45, 7) is 3.75. The van der Waals surface area contributed by atoms with E-state index in [0.717, 1.165) is 16.7 Å². The molecule has 0 aliphatic rings. The third kappa shape index (κ3) is 6.60. The van der Waals surface area contributed by atoms with Gasteiger partial charge < -0.3 is 14.2 Å². The summed E-state index contributed by atoms with van der Waals surface area (Å²) in [5, 5.41) is 4.00. The van der Waals surface area contributed by atoms with E-state index in [0.29, 0.717) is 21.5 Å². The van der Waals surface area contributed by atoms with Gasteiger partial charge in [-0.25, -0.2) is 10.2 Å². The largest absolute Gasteiger partial charge is 0.493 e. The van der Waals surface area contributed by atoms with Crippen LogP contribution in [0.5, 0.6) is 11.5 Å². The van der Waals surface area contributed by atoms with Crippen molar-refractivity contribution in [1.82, 2.24) is 5.43 Å². The van der Waals surface area contributed by atoms with Crippen LogP contribution in [0.15, 0.2) is 39.9 Å². The maximum atomic E-state index is 12.1. The number of hydrogen-bond acceptors (Lipinski definition) is 6. The second-order valence-electron chi connectivity index (χ2n) is 6.30. The quantitative estimate of drug-likeness (QED) is 0.369. The highest BCUT2D eigenvalue weighted by Crippen LogP contribution is 2.36. The van der Waals surface area contributed by atoms with Crippen LogP contribution < -0.4 is 14.9 Å². The molecule has 7 nitrogen and oxygen atoms in total. The Kier molecular flexibility index (Phi) is 8.21. The third-order valence-corrected chi connectivity index (χ3v) is 4.65. The fourth-order valence-corrected chi connectivity index (χ4v) is 3.15. The van der Waals surface area contributed by atoms with Crippen molar-refractivity contribution in [2.75, 3.05) is 20.8 Å². The summed E-state index contributed by atoms with van der Waals surface area (Å²) in [4.78, 5) is 23.4. The molecule has 0 saturated carbocycles. The Labute approximate surface area is 178 Å². The second kappa shape index (κ2) is 10.6. The lowest BCUT2D eigenvalue weighted by atomic mass is 10.0. The summed E-state index contributed by atoms with van der Waals surface area (Å²) in [7, 11) is 2.77. The number of methoxy groups -OCH3 is 2. The summed E-state index contributed by atoms with van der Waals surface area (Å²) >= 11 is 3.38. The molecule has 0 aliphatic heterocycles. The molecule has 0 radical (unpaired) electrons. The van der Waals surface area contributed by atoms with Crippen LogP contribution >= 0.6 is 15.9 Å². The van der Waals surface area contributed by atoms with E-state index in [1.54, 1.807) is 12.1 Å². The van der Waals surface area contributed by atoms with Crippen LogP contribution in [0.4, 0.5) is 0 Å². The average Bonchev–Trinajstić information content (AvgIpc) is 2.68. The Bertz CT molecular complexity index is 928. The number of nitrogens with one attached hydrogen (secondary N) is 1. The van der Waals surface area contributed by atoms with E-state index in [1.807, 2.05) is 32.0 Å². The van der Waals surface area contributed by atoms with Crippen molar-refractivity contribution in [3.05, 3.63) is 57.1 Å². The highest BCUT2D eigenvalue weighted by molar-refractivity contribution is 9.10. The lowest BCUT2D eigenvalue weighted by Crippen LogP contribution is -2.20. The van der Waals surface area contributed by atoms with Crippen molar-refractivity contribution >= 4 is 34.0 Å². The van der Waals surface area contributed by atoms with Gasteiger partial charge in [0, 0.05) is 0 Å². The molecule has 0 bridgehead atoms. The summed E-state index contributed by atoms with van der Waals surface area (Å²) in [5.74, 6) is 0.0636. The third-order valence-electron chi connectivity index (χ3n) is 4.07. The molecule has 8 heteroatoms. The van der Waals surface area contributed by atoms with E-state index in [4.69, 9.17) is 9.47 Å². The molecule has 0 spiro atoms. The first-order valence-electron chi connectivity index (χ1n) is 8.79. The van der Waals surface area contributed by atoms with Crippen LogP contribution in [0.2, 0.25) is 0 Å². The summed E-state index contributed by atoms with van der Waals surface area (Å²) in [6, 6.07) is 9.38. The van der Waals surface area contributed by atoms with Gasteiger partial charge in [0.2, 0.25) is 5.91 Å². The molecule has 29 heavy (non-hydrogen) atoms. The molecule has 154 valence electrons. The van der Waals surface area contributed by atoms with E-state index in [1.165, 1.54) is 20.4 Å². The van der Waals surface area contributed by atoms with Gasteiger partial charge in [-0.1, -0.05) is 23.8 Å². The van der Waals surface area contributed by atoms with Crippen LogP contribution in [0.3, 0.4) is 0 Å². The minimum absolute atomic E-state index is 0.211. The van der Waals surface area contributed by atoms with Gasteiger partial charge in [0.05, 0.1) is 31.3 Å². The highest BCUT2D eigenvalue weighted by atomic mass is 79.9. The molecule has 0 aromatic heterocycles. The zero-order chi connectivity index (χ0) is 21.4. The minimum atomic E-state index is -0.504. The molecule has 2 rings (SSSR count). The van der Waals surface area contributed by atoms with E-state index < -0.39 is 5.97 Å². The van der Waals surface area contributed by atoms with Crippen LogP contribution in [-0.2, 0) is 20.7 Å². The standard InChI is InChI=1S/C21H23BrN2O5/c1-13-5-6-16(14(2)7-13)10-19(25)24-23-11-15-8-17(22)21(18(9-15)27-3)29-12-20(26)28-4/h5-9,11H,10,12H2,1-4H3,(H,24,25)/b23-11-. The molecule has 0 heterocycles. The van der Waals surface area contributed by atoms with Gasteiger partial charge in [-0.15, -0.1) is 0 Å². The van der Waals surface area contributed by atoms with Gasteiger partial charge in [-0.05, 0) is 58.6 Å². The van der Waals surface area contributed by atoms with Crippen molar-refractivity contribution in [2.24, 2.45) is 5.10 Å². The fourth-order valence-electron chi connectivity index (χ4n) is 2.58. The summed E-state index contributed by atoms with van der Waals surface area (Å²) in [5.41, 5.74) is 6.38. The molecule has 0 saturated heterocycles. The summed E-state index contributed by atoms with van der Waals surface area (Å²) in [6.07, 6.45) is 1.74. The Morgan fingerprint density at radius 2 is 1.93 bits per heavy atom. The first-order chi connectivity index (χ1) is 13.8. The molecule has 2 aromatic carbocycles. The lowest BCUT2D eigenvalue weighted by Gasteiger charge is -2.12. The van der Waals surface area contributed by atoms with Gasteiger partial charge in [0.25, 0.3) is 0 Å². The number of ether oxygens (including phenoxy) is 3. The number of aryl methyl sites for hydroxylation is 2. The first-order valence-corrected chi connectivity index (χ1v) is 9.58. The Hall–Kier alpha value is -2.87. The minimum Gasteiger partial charge on any atom is -0.493 e. The SMILES string of the molecule is COC(=O)COc1c(Br)cc(/C=N\NC(=O)Cc2ccc(C)cc2C)cc1OC. The molecule has 1 N–H and O–H groups in total. The van der Waals surface area contributed by atoms with Crippen molar-refractivity contribution in [3.63, 3.8) is 0 Å². The number of carbonyl (C=O) groups excluding carboxylic acids is 2. The molecule has 0 atom stereocenters. The lowest BCUT2D eigenvalue weighted by molar-refractivity contribution is -0.143. The average molecular weight is 463 g/mol. The highest BCUT2D eigenvalue weighted by Gasteiger charge is 2.13. The van der Waals surface area contributed by atoms with Gasteiger partial charge >= 0.3 is 5.97 Å². The van der Waals surface area contributed by atoms with Gasteiger partial charge in [-0.3, -0.25) is 4.79 Å². The predicted octanol–water partition coefficient (Wildman–Crippen LogP) is 3.32. The number of hydrazone groups is 1. The topological polar surface area (TPSA) is 86.2 Å². The molecular weight excluding hydrogens is 440 g/mol. The number of carbonyl (C=O) groups is 2. The van der Waals surface area contributed by atoms with E-state index in [-0.39, 0.29) is 18.9 Å². The Morgan fingerprint density at radius 1 is 1.17 bits per heavy atom. The molecular formula is C21H23BrN2O5. The predicted molar refractivity (Wildman–Crippen MR) is 114 cm³/mol. The number of nitrogens with zero attached hydrogens (tertiary/aromatic N) is 1. The van der Waals surface area contributed by atoms with Gasteiger partial charge in [0.15, 0.2) is 18.1 Å². The second-order valence-corrected chi connectivity index (χ2v) is 7.15. The number of amides is 1. The number of esters is 1. The number of rotatable bonds is 8. The zero-order valence-corrected chi connectivity index (χ0v) is 18.3. The van der Waals surface area contributed by atoms with Crippen LogP contribution in [-0.4, -0.2) is 38.9 Å². The summed E-state index contributed by atoms with van der Waals surface area (Å²) < 4.78 is 15.9. The number of halogens is 1. The first kappa shape index (κ1) is 22.4.